The maximum atomic E-state index is 13.6. The number of halogens is 1. The number of carbonyl (C=O) groups excluding carboxylic acids is 2. The maximum absolute atomic E-state index is 13.6. The van der Waals surface area contributed by atoms with Crippen LogP contribution in [-0.2, 0) is 7.05 Å². The summed E-state index contributed by atoms with van der Waals surface area (Å²) in [7, 11) is 3.89. The molecule has 0 aliphatic carbocycles. The summed E-state index contributed by atoms with van der Waals surface area (Å²) < 4.78 is 1.81. The minimum Gasteiger partial charge on any atom is -0.370 e. The number of anilines is 2. The number of piperidine rings is 1. The molecule has 1 aliphatic rings. The van der Waals surface area contributed by atoms with Crippen molar-refractivity contribution in [3.05, 3.63) is 95.0 Å². The third-order valence-corrected chi connectivity index (χ3v) is 8.06. The summed E-state index contributed by atoms with van der Waals surface area (Å²) in [6.07, 6.45) is 7.13. The number of likely N-dealkylation sites (tertiary alicyclic amines) is 1. The fraction of sp³-hybridized carbons (Fsp3) is 0.312. The van der Waals surface area contributed by atoms with E-state index in [9.17, 15) is 9.59 Å². The smallest absolute Gasteiger partial charge is 0.257 e. The van der Waals surface area contributed by atoms with Crippen LogP contribution in [0.25, 0.3) is 11.1 Å². The van der Waals surface area contributed by atoms with Crippen molar-refractivity contribution in [1.82, 2.24) is 19.7 Å². The standard InChI is InChI=1S/C32H35ClN6O2/c1-21(2)38(4)29-11-9-25(17-28(29)36-31(40)26-10-12-30(33)34-18-26)32(41)39-15-13-24(14-16-39)22-5-7-23(8-6-22)27-19-35-37(3)20-27/h5-12,17-21,24H,13-16H2,1-4H3,(H,36,40). The fourth-order valence-corrected chi connectivity index (χ4v) is 5.29. The monoisotopic (exact) mass is 570 g/mol. The van der Waals surface area contributed by atoms with Gasteiger partial charge in [-0.2, -0.15) is 5.10 Å². The molecule has 212 valence electrons. The van der Waals surface area contributed by atoms with Gasteiger partial charge in [0.15, 0.2) is 0 Å². The van der Waals surface area contributed by atoms with Crippen molar-refractivity contribution in [2.45, 2.75) is 38.6 Å². The van der Waals surface area contributed by atoms with E-state index in [-0.39, 0.29) is 17.9 Å². The van der Waals surface area contributed by atoms with Crippen LogP contribution in [0, 0.1) is 0 Å². The molecule has 0 unspecified atom stereocenters. The molecule has 0 spiro atoms. The van der Waals surface area contributed by atoms with E-state index < -0.39 is 0 Å². The van der Waals surface area contributed by atoms with E-state index in [1.54, 1.807) is 22.9 Å². The van der Waals surface area contributed by atoms with Crippen LogP contribution in [0.3, 0.4) is 0 Å². The summed E-state index contributed by atoms with van der Waals surface area (Å²) >= 11 is 5.89. The lowest BCUT2D eigenvalue weighted by Gasteiger charge is -2.33. The predicted octanol–water partition coefficient (Wildman–Crippen LogP) is 6.25. The lowest BCUT2D eigenvalue weighted by atomic mass is 9.88. The lowest BCUT2D eigenvalue weighted by molar-refractivity contribution is 0.0712. The Kier molecular flexibility index (Phi) is 8.40. The molecule has 1 aliphatic heterocycles. The summed E-state index contributed by atoms with van der Waals surface area (Å²) in [5.41, 5.74) is 5.90. The molecule has 41 heavy (non-hydrogen) atoms. The maximum Gasteiger partial charge on any atom is 0.257 e. The largest absolute Gasteiger partial charge is 0.370 e. The molecule has 2 amide bonds. The number of aryl methyl sites for hydroxylation is 1. The number of hydrogen-bond acceptors (Lipinski definition) is 5. The van der Waals surface area contributed by atoms with Gasteiger partial charge in [0.25, 0.3) is 11.8 Å². The average Bonchev–Trinajstić information content (AvgIpc) is 3.43. The molecule has 1 saturated heterocycles. The zero-order chi connectivity index (χ0) is 29.1. The second-order valence-corrected chi connectivity index (χ2v) is 11.2. The van der Waals surface area contributed by atoms with Crippen molar-refractivity contribution in [2.24, 2.45) is 7.05 Å². The molecule has 4 aromatic rings. The van der Waals surface area contributed by atoms with E-state index in [4.69, 9.17) is 11.6 Å². The molecule has 0 radical (unpaired) electrons. The van der Waals surface area contributed by atoms with Gasteiger partial charge in [-0.15, -0.1) is 0 Å². The van der Waals surface area contributed by atoms with Gasteiger partial charge in [-0.1, -0.05) is 35.9 Å². The van der Waals surface area contributed by atoms with E-state index >= 15 is 0 Å². The number of pyridine rings is 1. The van der Waals surface area contributed by atoms with Crippen LogP contribution in [0.1, 0.15) is 58.9 Å². The minimum atomic E-state index is -0.312. The first-order valence-electron chi connectivity index (χ1n) is 13.9. The SMILES string of the molecule is CC(C)N(C)c1ccc(C(=O)N2CCC(c3ccc(-c4cnn(C)c4)cc3)CC2)cc1NC(=O)c1ccc(Cl)nc1. The zero-order valence-electron chi connectivity index (χ0n) is 23.8. The molecule has 8 nitrogen and oxygen atoms in total. The summed E-state index contributed by atoms with van der Waals surface area (Å²) in [5.74, 6) is 0.0669. The van der Waals surface area contributed by atoms with Crippen LogP contribution in [0.2, 0.25) is 5.15 Å². The van der Waals surface area contributed by atoms with Gasteiger partial charge in [-0.3, -0.25) is 14.3 Å². The van der Waals surface area contributed by atoms with Crippen LogP contribution >= 0.6 is 11.6 Å². The summed E-state index contributed by atoms with van der Waals surface area (Å²) in [5, 5.41) is 7.57. The fourth-order valence-electron chi connectivity index (χ4n) is 5.18. The highest BCUT2D eigenvalue weighted by atomic mass is 35.5. The van der Waals surface area contributed by atoms with Crippen molar-refractivity contribution in [3.63, 3.8) is 0 Å². The first-order chi connectivity index (χ1) is 19.7. The van der Waals surface area contributed by atoms with Gasteiger partial charge in [-0.05, 0) is 74.1 Å². The van der Waals surface area contributed by atoms with E-state index in [1.165, 1.54) is 11.8 Å². The van der Waals surface area contributed by atoms with E-state index in [1.807, 2.05) is 43.5 Å². The highest BCUT2D eigenvalue weighted by Crippen LogP contribution is 2.32. The van der Waals surface area contributed by atoms with Gasteiger partial charge in [0.1, 0.15) is 5.15 Å². The predicted molar refractivity (Wildman–Crippen MR) is 164 cm³/mol. The normalized spacial score (nSPS) is 13.9. The van der Waals surface area contributed by atoms with Crippen LogP contribution in [0.5, 0.6) is 0 Å². The molecule has 3 heterocycles. The highest BCUT2D eigenvalue weighted by molar-refractivity contribution is 6.29. The molecule has 0 saturated carbocycles. The van der Waals surface area contributed by atoms with E-state index in [2.05, 4.69) is 58.4 Å². The molecule has 0 atom stereocenters. The molecule has 9 heteroatoms. The lowest BCUT2D eigenvalue weighted by Crippen LogP contribution is -2.38. The van der Waals surface area contributed by atoms with Gasteiger partial charge >= 0.3 is 0 Å². The highest BCUT2D eigenvalue weighted by Gasteiger charge is 2.26. The minimum absolute atomic E-state index is 0.0298. The van der Waals surface area contributed by atoms with Crippen molar-refractivity contribution in [1.29, 1.82) is 0 Å². The number of benzene rings is 2. The number of carbonyl (C=O) groups is 2. The molecule has 5 rings (SSSR count). The molecule has 0 bridgehead atoms. The number of hydrogen-bond donors (Lipinski definition) is 1. The first-order valence-corrected chi connectivity index (χ1v) is 14.3. The molecular weight excluding hydrogens is 536 g/mol. The van der Waals surface area contributed by atoms with Crippen LogP contribution in [0.15, 0.2) is 73.2 Å². The Morgan fingerprint density at radius 1 is 0.976 bits per heavy atom. The second kappa shape index (κ2) is 12.1. The third kappa shape index (κ3) is 6.43. The number of aromatic nitrogens is 3. The summed E-state index contributed by atoms with van der Waals surface area (Å²) in [4.78, 5) is 34.6. The van der Waals surface area contributed by atoms with Gasteiger partial charge in [0, 0.05) is 56.7 Å². The Morgan fingerprint density at radius 3 is 2.29 bits per heavy atom. The molecule has 2 aromatic heterocycles. The Balaban J connectivity index is 1.28. The molecule has 2 aromatic carbocycles. The number of rotatable bonds is 7. The van der Waals surface area contributed by atoms with Crippen molar-refractivity contribution in [2.75, 3.05) is 30.4 Å². The Labute approximate surface area is 245 Å². The summed E-state index contributed by atoms with van der Waals surface area (Å²) in [6.45, 7) is 5.51. The molecule has 1 fully saturated rings. The number of amides is 2. The Bertz CT molecular complexity index is 1520. The molecular formula is C32H35ClN6O2. The van der Waals surface area contributed by atoms with Gasteiger partial charge < -0.3 is 15.1 Å². The molecule has 1 N–H and O–H groups in total. The van der Waals surface area contributed by atoms with Crippen molar-refractivity contribution >= 4 is 34.8 Å². The van der Waals surface area contributed by atoms with Gasteiger partial charge in [-0.25, -0.2) is 4.98 Å². The van der Waals surface area contributed by atoms with Crippen LogP contribution in [0.4, 0.5) is 11.4 Å². The van der Waals surface area contributed by atoms with Crippen LogP contribution < -0.4 is 10.2 Å². The van der Waals surface area contributed by atoms with E-state index in [0.717, 1.165) is 29.7 Å². The Hall–Kier alpha value is -4.17. The van der Waals surface area contributed by atoms with Gasteiger partial charge in [0.2, 0.25) is 0 Å². The number of nitrogens with one attached hydrogen (secondary N) is 1. The third-order valence-electron chi connectivity index (χ3n) is 7.84. The van der Waals surface area contributed by atoms with E-state index in [0.29, 0.717) is 41.0 Å². The topological polar surface area (TPSA) is 83.4 Å². The average molecular weight is 571 g/mol. The quantitative estimate of drug-likeness (QED) is 0.265. The zero-order valence-corrected chi connectivity index (χ0v) is 24.6. The number of nitrogens with zero attached hydrogens (tertiary/aromatic N) is 5. The summed E-state index contributed by atoms with van der Waals surface area (Å²) in [6, 6.07) is 17.6. The second-order valence-electron chi connectivity index (χ2n) is 10.9. The Morgan fingerprint density at radius 2 is 1.68 bits per heavy atom. The van der Waals surface area contributed by atoms with Gasteiger partial charge in [0.05, 0.1) is 23.1 Å². The first kappa shape index (κ1) is 28.4. The van der Waals surface area contributed by atoms with Crippen LogP contribution in [-0.4, -0.2) is 57.7 Å². The van der Waals surface area contributed by atoms with Crippen molar-refractivity contribution in [3.8, 4) is 11.1 Å². The van der Waals surface area contributed by atoms with Crippen molar-refractivity contribution < 1.29 is 9.59 Å².